The number of hydrogen-bond donors (Lipinski definition) is 0. The highest BCUT2D eigenvalue weighted by Crippen LogP contribution is 1.86. The Kier molecular flexibility index (Phi) is 4.03. The number of ether oxygens (including phenoxy) is 1. The lowest BCUT2D eigenvalue weighted by Gasteiger charge is -1.93. The minimum atomic E-state index is -1.18. The maximum Gasteiger partial charge on any atom is 0.452 e. The molecule has 0 atom stereocenters. The molecule has 0 aromatic carbocycles. The Morgan fingerprint density at radius 3 is 2.75 bits per heavy atom. The molecule has 0 N–H and O–H groups in total. The third-order valence-electron chi connectivity index (χ3n) is 0.723. The number of amides is 1. The highest BCUT2D eigenvalue weighted by molar-refractivity contribution is 5.63. The number of rotatable bonds is 3. The maximum atomic E-state index is 9.65. The average molecular weight is 115 g/mol. The number of nitrogens with zero attached hydrogens (tertiary/aromatic N) is 1. The molecular formula is C5H9NO2. The standard InChI is InChI=1S/C5H9NO2/c1-2-3-4-8-5(6)7/h2-4H2,1H3. The van der Waals surface area contributed by atoms with Crippen LogP contribution in [0.1, 0.15) is 19.8 Å². The summed E-state index contributed by atoms with van der Waals surface area (Å²) in [5, 5.41) is 0. The predicted octanol–water partition coefficient (Wildman–Crippen LogP) is 0.992. The summed E-state index contributed by atoms with van der Waals surface area (Å²) in [6.45, 7) is 2.30. The van der Waals surface area contributed by atoms with Crippen LogP contribution in [0.2, 0.25) is 0 Å². The van der Waals surface area contributed by atoms with E-state index >= 15 is 0 Å². The smallest absolute Gasteiger partial charge is 0.447 e. The van der Waals surface area contributed by atoms with Crippen molar-refractivity contribution in [3.63, 3.8) is 0 Å². The monoisotopic (exact) mass is 115 g/mol. The molecule has 0 aromatic heterocycles. The molecule has 46 valence electrons. The van der Waals surface area contributed by atoms with E-state index in [9.17, 15) is 4.79 Å². The first-order chi connectivity index (χ1) is 3.77. The van der Waals surface area contributed by atoms with Gasteiger partial charge in [0.1, 0.15) is 0 Å². The largest absolute Gasteiger partial charge is 0.452 e. The first kappa shape index (κ1) is 7.27. The fourth-order valence-corrected chi connectivity index (χ4v) is 0.304. The Hall–Kier alpha value is -0.730. The molecule has 3 heteroatoms. The van der Waals surface area contributed by atoms with Gasteiger partial charge in [0.25, 0.3) is 0 Å². The predicted molar refractivity (Wildman–Crippen MR) is 28.4 cm³/mol. The number of unbranched alkanes of at least 4 members (excludes halogenated alkanes) is 1. The van der Waals surface area contributed by atoms with E-state index in [0.717, 1.165) is 12.8 Å². The molecule has 0 saturated heterocycles. The molecule has 0 aromatic rings. The molecule has 0 aliphatic carbocycles. The minimum absolute atomic E-state index is 0.325. The van der Waals surface area contributed by atoms with Gasteiger partial charge in [0, 0.05) is 0 Å². The number of carbonyl (C=O) groups excluding carboxylic acids is 1. The Balaban J connectivity index is 2.82. The molecule has 0 aliphatic heterocycles. The zero-order chi connectivity index (χ0) is 6.41. The van der Waals surface area contributed by atoms with Crippen molar-refractivity contribution in [3.8, 4) is 0 Å². The summed E-state index contributed by atoms with van der Waals surface area (Å²) >= 11 is 0. The second-order valence-electron chi connectivity index (χ2n) is 1.47. The summed E-state index contributed by atoms with van der Waals surface area (Å²) in [5.74, 6) is 0. The van der Waals surface area contributed by atoms with Gasteiger partial charge in [0.2, 0.25) is 0 Å². The molecule has 0 heterocycles. The molecule has 8 heavy (non-hydrogen) atoms. The molecule has 1 amide bonds. The summed E-state index contributed by atoms with van der Waals surface area (Å²) < 4.78 is 4.20. The lowest BCUT2D eigenvalue weighted by atomic mass is 10.4. The first-order valence-corrected chi connectivity index (χ1v) is 2.63. The van der Waals surface area contributed by atoms with E-state index in [1.54, 1.807) is 0 Å². The van der Waals surface area contributed by atoms with Gasteiger partial charge in [-0.15, -0.1) is 0 Å². The Morgan fingerprint density at radius 2 is 2.38 bits per heavy atom. The van der Waals surface area contributed by atoms with E-state index in [0.29, 0.717) is 6.61 Å². The quantitative estimate of drug-likeness (QED) is 0.515. The van der Waals surface area contributed by atoms with Crippen LogP contribution in [0, 0.1) is 0 Å². The van der Waals surface area contributed by atoms with Crippen molar-refractivity contribution in [2.45, 2.75) is 19.8 Å². The highest BCUT2D eigenvalue weighted by atomic mass is 16.5. The highest BCUT2D eigenvalue weighted by Gasteiger charge is 1.92. The normalized spacial score (nSPS) is 8.62. The van der Waals surface area contributed by atoms with Crippen molar-refractivity contribution in [2.75, 3.05) is 6.61 Å². The van der Waals surface area contributed by atoms with Crippen molar-refractivity contribution >= 4 is 6.09 Å². The number of hydrogen-bond acceptors (Lipinski definition) is 2. The third-order valence-corrected chi connectivity index (χ3v) is 0.723. The van der Waals surface area contributed by atoms with Crippen molar-refractivity contribution in [2.24, 2.45) is 0 Å². The molecule has 0 bridgehead atoms. The molecular weight excluding hydrogens is 106 g/mol. The third kappa shape index (κ3) is 5.27. The van der Waals surface area contributed by atoms with Gasteiger partial charge >= 0.3 is 6.09 Å². The van der Waals surface area contributed by atoms with Gasteiger partial charge in [0.05, 0.1) is 6.61 Å². The van der Waals surface area contributed by atoms with Crippen LogP contribution in [0.25, 0.3) is 0 Å². The van der Waals surface area contributed by atoms with Gasteiger partial charge in [0.15, 0.2) is 0 Å². The van der Waals surface area contributed by atoms with Crippen LogP contribution in [0.4, 0.5) is 4.79 Å². The van der Waals surface area contributed by atoms with Crippen molar-refractivity contribution in [3.05, 3.63) is 0 Å². The zero-order valence-electron chi connectivity index (χ0n) is 4.89. The SMILES string of the molecule is CCCCOC([N])=O. The van der Waals surface area contributed by atoms with E-state index in [2.05, 4.69) is 4.74 Å². The molecule has 0 spiro atoms. The molecule has 0 fully saturated rings. The van der Waals surface area contributed by atoms with E-state index < -0.39 is 6.09 Å². The maximum absolute atomic E-state index is 9.65. The minimum Gasteiger partial charge on any atom is -0.447 e. The van der Waals surface area contributed by atoms with Crippen LogP contribution < -0.4 is 5.73 Å². The molecule has 0 unspecified atom stereocenters. The van der Waals surface area contributed by atoms with Crippen LogP contribution in [0.3, 0.4) is 0 Å². The fraction of sp³-hybridized carbons (Fsp3) is 0.800. The van der Waals surface area contributed by atoms with Crippen molar-refractivity contribution in [1.29, 1.82) is 0 Å². The first-order valence-electron chi connectivity index (χ1n) is 2.63. The molecule has 2 radical (unpaired) electrons. The Morgan fingerprint density at radius 1 is 1.75 bits per heavy atom. The topological polar surface area (TPSA) is 48.6 Å². The summed E-state index contributed by atoms with van der Waals surface area (Å²) in [7, 11) is 0. The van der Waals surface area contributed by atoms with Crippen molar-refractivity contribution < 1.29 is 9.53 Å². The van der Waals surface area contributed by atoms with Gasteiger partial charge in [-0.25, -0.2) is 4.79 Å². The van der Waals surface area contributed by atoms with Gasteiger partial charge in [-0.1, -0.05) is 19.1 Å². The second kappa shape index (κ2) is 4.43. The summed E-state index contributed by atoms with van der Waals surface area (Å²) in [5.41, 5.74) is 7.92. The van der Waals surface area contributed by atoms with Crippen LogP contribution >= 0.6 is 0 Å². The molecule has 0 saturated carbocycles. The molecule has 3 nitrogen and oxygen atoms in total. The van der Waals surface area contributed by atoms with Crippen LogP contribution in [0.15, 0.2) is 0 Å². The summed E-state index contributed by atoms with van der Waals surface area (Å²) in [6.07, 6.45) is 0.595. The lowest BCUT2D eigenvalue weighted by Crippen LogP contribution is -2.02. The lowest BCUT2D eigenvalue weighted by molar-refractivity contribution is 0.153. The number of carbonyl (C=O) groups is 1. The fourth-order valence-electron chi connectivity index (χ4n) is 0.304. The summed E-state index contributed by atoms with van der Waals surface area (Å²) in [6, 6.07) is 0. The Labute approximate surface area is 48.8 Å². The van der Waals surface area contributed by atoms with Crippen LogP contribution in [0.5, 0.6) is 0 Å². The van der Waals surface area contributed by atoms with E-state index in [-0.39, 0.29) is 0 Å². The van der Waals surface area contributed by atoms with E-state index in [4.69, 9.17) is 5.73 Å². The van der Waals surface area contributed by atoms with E-state index in [1.807, 2.05) is 6.92 Å². The van der Waals surface area contributed by atoms with Crippen LogP contribution in [-0.4, -0.2) is 12.7 Å². The van der Waals surface area contributed by atoms with Gasteiger partial charge in [-0.05, 0) is 6.42 Å². The molecule has 0 aliphatic rings. The van der Waals surface area contributed by atoms with Gasteiger partial charge < -0.3 is 4.74 Å². The summed E-state index contributed by atoms with van der Waals surface area (Å²) in [4.78, 5) is 9.65. The van der Waals surface area contributed by atoms with E-state index in [1.165, 1.54) is 0 Å². The van der Waals surface area contributed by atoms with Gasteiger partial charge in [-0.3, -0.25) is 0 Å². The average Bonchev–Trinajstić information content (AvgIpc) is 1.66. The second-order valence-corrected chi connectivity index (χ2v) is 1.47. The Bertz CT molecular complexity index is 72.8. The molecule has 0 rings (SSSR count). The van der Waals surface area contributed by atoms with Crippen LogP contribution in [-0.2, 0) is 4.74 Å². The van der Waals surface area contributed by atoms with Crippen molar-refractivity contribution in [1.82, 2.24) is 5.73 Å². The van der Waals surface area contributed by atoms with Gasteiger partial charge in [-0.2, -0.15) is 0 Å². The zero-order valence-corrected chi connectivity index (χ0v) is 4.89.